The molecule has 1 saturated carbocycles. The Labute approximate surface area is 201 Å². The van der Waals surface area contributed by atoms with Crippen LogP contribution < -0.4 is 10.6 Å². The quantitative estimate of drug-likeness (QED) is 0.359. The Balaban J connectivity index is 1.22. The van der Waals surface area contributed by atoms with Crippen molar-refractivity contribution in [3.05, 3.63) is 76.7 Å². The average molecular weight is 474 g/mol. The number of para-hydroxylation sites is 1. The van der Waals surface area contributed by atoms with E-state index < -0.39 is 5.54 Å². The van der Waals surface area contributed by atoms with Crippen LogP contribution >= 0.6 is 11.6 Å². The van der Waals surface area contributed by atoms with E-state index in [0.717, 1.165) is 28.6 Å². The van der Waals surface area contributed by atoms with Crippen LogP contribution in [0.25, 0.3) is 10.9 Å². The Morgan fingerprint density at radius 1 is 1.09 bits per heavy atom. The number of carbonyl (C=O) groups excluding carboxylic acids is 1. The van der Waals surface area contributed by atoms with Gasteiger partial charge in [0.15, 0.2) is 5.82 Å². The highest BCUT2D eigenvalue weighted by Gasteiger charge is 2.46. The minimum atomic E-state index is -0.533. The molecule has 1 unspecified atom stereocenters. The normalized spacial score (nSPS) is 20.3. The van der Waals surface area contributed by atoms with Gasteiger partial charge in [-0.05, 0) is 49.6 Å². The van der Waals surface area contributed by atoms with Crippen LogP contribution in [0.3, 0.4) is 0 Å². The molecule has 3 N–H and O–H groups in total. The van der Waals surface area contributed by atoms with Gasteiger partial charge in [-0.25, -0.2) is 9.78 Å². The van der Waals surface area contributed by atoms with Crippen molar-refractivity contribution < 1.29 is 4.79 Å². The SMILES string of the molecule is CC1(C)c2[nH]nc(Nc3nc(Cl)nc4ccccc34)c2CN1C(=O)NC1C[C@@H]1c1ccccc1. The molecule has 1 fully saturated rings. The van der Waals surface area contributed by atoms with Crippen molar-refractivity contribution in [1.29, 1.82) is 0 Å². The molecule has 2 aromatic carbocycles. The summed E-state index contributed by atoms with van der Waals surface area (Å²) in [5.74, 6) is 1.59. The Bertz CT molecular complexity index is 1400. The van der Waals surface area contributed by atoms with Crippen LogP contribution in [0.4, 0.5) is 16.4 Å². The van der Waals surface area contributed by atoms with Crippen LogP contribution in [-0.4, -0.2) is 37.1 Å². The zero-order valence-corrected chi connectivity index (χ0v) is 19.6. The summed E-state index contributed by atoms with van der Waals surface area (Å²) < 4.78 is 0. The molecule has 6 rings (SSSR count). The number of nitrogens with one attached hydrogen (secondary N) is 3. The number of hydrogen-bond donors (Lipinski definition) is 3. The predicted octanol–water partition coefficient (Wildman–Crippen LogP) is 5.07. The fourth-order valence-corrected chi connectivity index (χ4v) is 5.04. The molecule has 0 radical (unpaired) electrons. The molecule has 2 atom stereocenters. The number of amides is 2. The molecule has 8 nitrogen and oxygen atoms in total. The molecule has 34 heavy (non-hydrogen) atoms. The first-order chi connectivity index (χ1) is 16.4. The van der Waals surface area contributed by atoms with Crippen molar-refractivity contribution in [3.63, 3.8) is 0 Å². The Morgan fingerprint density at radius 3 is 2.68 bits per heavy atom. The first-order valence-electron chi connectivity index (χ1n) is 11.3. The van der Waals surface area contributed by atoms with Crippen LogP contribution in [0, 0.1) is 0 Å². The van der Waals surface area contributed by atoms with Gasteiger partial charge in [0.1, 0.15) is 5.82 Å². The second-order valence-corrected chi connectivity index (χ2v) is 9.70. The van der Waals surface area contributed by atoms with Gasteiger partial charge in [0.05, 0.1) is 23.3 Å². The number of nitrogens with zero attached hydrogens (tertiary/aromatic N) is 4. The number of rotatable bonds is 4. The van der Waals surface area contributed by atoms with E-state index in [-0.39, 0.29) is 17.4 Å². The molecular weight excluding hydrogens is 450 g/mol. The lowest BCUT2D eigenvalue weighted by molar-refractivity contribution is 0.142. The Morgan fingerprint density at radius 2 is 1.85 bits per heavy atom. The summed E-state index contributed by atoms with van der Waals surface area (Å²) in [4.78, 5) is 23.8. The number of benzene rings is 2. The minimum absolute atomic E-state index is 0.0699. The van der Waals surface area contributed by atoms with Gasteiger partial charge >= 0.3 is 6.03 Å². The molecular formula is C25H24ClN7O. The van der Waals surface area contributed by atoms with E-state index in [0.29, 0.717) is 24.1 Å². The summed E-state index contributed by atoms with van der Waals surface area (Å²) in [5.41, 5.74) is 3.33. The van der Waals surface area contributed by atoms with Gasteiger partial charge in [0.25, 0.3) is 0 Å². The number of hydrogen-bond acceptors (Lipinski definition) is 5. The Hall–Kier alpha value is -3.65. The lowest BCUT2D eigenvalue weighted by atomic mass is 10.0. The highest BCUT2D eigenvalue weighted by atomic mass is 35.5. The predicted molar refractivity (Wildman–Crippen MR) is 131 cm³/mol. The van der Waals surface area contributed by atoms with Gasteiger partial charge < -0.3 is 15.5 Å². The van der Waals surface area contributed by atoms with Crippen LogP contribution in [0.5, 0.6) is 0 Å². The highest BCUT2D eigenvalue weighted by Crippen LogP contribution is 2.44. The fraction of sp³-hybridized carbons (Fsp3) is 0.280. The first-order valence-corrected chi connectivity index (χ1v) is 11.7. The number of urea groups is 1. The Kier molecular flexibility index (Phi) is 4.74. The number of carbonyl (C=O) groups is 1. The number of anilines is 2. The third kappa shape index (κ3) is 3.45. The monoisotopic (exact) mass is 473 g/mol. The zero-order chi connectivity index (χ0) is 23.4. The molecule has 3 heterocycles. The molecule has 1 aliphatic heterocycles. The van der Waals surface area contributed by atoms with Crippen LogP contribution in [0.2, 0.25) is 5.28 Å². The second-order valence-electron chi connectivity index (χ2n) is 9.36. The molecule has 1 aliphatic carbocycles. The molecule has 9 heteroatoms. The summed E-state index contributed by atoms with van der Waals surface area (Å²) in [5, 5.41) is 15.2. The summed E-state index contributed by atoms with van der Waals surface area (Å²) in [6, 6.07) is 18.1. The summed E-state index contributed by atoms with van der Waals surface area (Å²) >= 11 is 6.15. The van der Waals surface area contributed by atoms with Crippen LogP contribution in [0.1, 0.15) is 43.0 Å². The van der Waals surface area contributed by atoms with Crippen molar-refractivity contribution in [2.75, 3.05) is 5.32 Å². The summed E-state index contributed by atoms with van der Waals surface area (Å²) in [6.45, 7) is 4.49. The van der Waals surface area contributed by atoms with Gasteiger partial charge in [0, 0.05) is 22.9 Å². The van der Waals surface area contributed by atoms with E-state index in [1.807, 2.05) is 61.2 Å². The fourth-order valence-electron chi connectivity index (χ4n) is 4.86. The van der Waals surface area contributed by atoms with Crippen molar-refractivity contribution in [3.8, 4) is 0 Å². The molecule has 0 bridgehead atoms. The van der Waals surface area contributed by atoms with Gasteiger partial charge in [0.2, 0.25) is 5.28 Å². The van der Waals surface area contributed by atoms with E-state index in [4.69, 9.17) is 11.6 Å². The lowest BCUT2D eigenvalue weighted by Gasteiger charge is -2.32. The number of fused-ring (bicyclic) bond motifs is 2. The van der Waals surface area contributed by atoms with E-state index >= 15 is 0 Å². The first kappa shape index (κ1) is 20.9. The van der Waals surface area contributed by atoms with E-state index in [2.05, 4.69) is 42.9 Å². The molecule has 172 valence electrons. The number of H-pyrrole nitrogens is 1. The molecule has 0 saturated heterocycles. The van der Waals surface area contributed by atoms with E-state index in [9.17, 15) is 4.79 Å². The molecule has 2 amide bonds. The van der Waals surface area contributed by atoms with E-state index in [1.165, 1.54) is 5.56 Å². The summed E-state index contributed by atoms with van der Waals surface area (Å²) in [6.07, 6.45) is 0.964. The molecule has 2 aromatic heterocycles. The van der Waals surface area contributed by atoms with Crippen molar-refractivity contribution in [1.82, 2.24) is 30.4 Å². The smallest absolute Gasteiger partial charge is 0.318 e. The number of aromatic amines is 1. The van der Waals surface area contributed by atoms with Crippen LogP contribution in [0.15, 0.2) is 54.6 Å². The van der Waals surface area contributed by atoms with Crippen molar-refractivity contribution in [2.45, 2.75) is 44.3 Å². The van der Waals surface area contributed by atoms with Gasteiger partial charge in [-0.3, -0.25) is 5.10 Å². The van der Waals surface area contributed by atoms with Crippen molar-refractivity contribution >= 4 is 40.2 Å². The van der Waals surface area contributed by atoms with Crippen LogP contribution in [-0.2, 0) is 12.1 Å². The highest BCUT2D eigenvalue weighted by molar-refractivity contribution is 6.28. The average Bonchev–Trinajstić information content (AvgIpc) is 3.38. The van der Waals surface area contributed by atoms with Crippen molar-refractivity contribution in [2.24, 2.45) is 0 Å². The van der Waals surface area contributed by atoms with E-state index in [1.54, 1.807) is 0 Å². The standard InChI is InChI=1S/C25H24ClN7O/c1-25(2)20-17(13-33(25)24(34)28-19-12-16(19)14-8-4-3-5-9-14)22(32-31-20)29-21-15-10-6-7-11-18(15)27-23(26)30-21/h3-11,16,19H,12-13H2,1-2H3,(H,28,34)(H2,27,29,30,31,32)/t16-,19?/m1/s1. The maximum absolute atomic E-state index is 13.3. The van der Waals surface area contributed by atoms with Gasteiger partial charge in [-0.2, -0.15) is 10.1 Å². The molecule has 4 aromatic rings. The number of aromatic nitrogens is 4. The topological polar surface area (TPSA) is 98.8 Å². The van der Waals surface area contributed by atoms with Gasteiger partial charge in [-0.15, -0.1) is 0 Å². The second kappa shape index (κ2) is 7.70. The maximum Gasteiger partial charge on any atom is 0.318 e. The zero-order valence-electron chi connectivity index (χ0n) is 18.8. The minimum Gasteiger partial charge on any atom is -0.335 e. The van der Waals surface area contributed by atoms with Gasteiger partial charge in [-0.1, -0.05) is 42.5 Å². The molecule has 2 aliphatic rings. The maximum atomic E-state index is 13.3. The number of halogens is 1. The lowest BCUT2D eigenvalue weighted by Crippen LogP contribution is -2.47. The third-order valence-electron chi connectivity index (χ3n) is 6.85. The molecule has 0 spiro atoms. The third-order valence-corrected chi connectivity index (χ3v) is 7.02. The summed E-state index contributed by atoms with van der Waals surface area (Å²) in [7, 11) is 0. The largest absolute Gasteiger partial charge is 0.335 e.